The first-order valence-electron chi connectivity index (χ1n) is 13.0. The van der Waals surface area contributed by atoms with Crippen LogP contribution in [-0.2, 0) is 19.1 Å². The number of rotatable bonds is 24. The van der Waals surface area contributed by atoms with Gasteiger partial charge in [-0.1, -0.05) is 84.0 Å². The Bertz CT molecular complexity index is 447. The molecule has 0 aromatic rings. The molecule has 0 aromatic carbocycles. The number of aliphatic carboxylic acids is 1. The van der Waals surface area contributed by atoms with E-state index in [1.165, 1.54) is 44.9 Å². The number of esters is 1. The van der Waals surface area contributed by atoms with E-state index in [2.05, 4.69) is 6.92 Å². The van der Waals surface area contributed by atoms with Crippen molar-refractivity contribution in [3.8, 4) is 0 Å². The Morgan fingerprint density at radius 1 is 0.548 bits per heavy atom. The molecule has 0 unspecified atom stereocenters. The van der Waals surface area contributed by atoms with Gasteiger partial charge in [-0.25, -0.2) is 0 Å². The lowest BCUT2D eigenvalue weighted by Crippen LogP contribution is -2.06. The van der Waals surface area contributed by atoms with Crippen LogP contribution in [0.2, 0.25) is 0 Å². The van der Waals surface area contributed by atoms with Crippen molar-refractivity contribution in [1.29, 1.82) is 0 Å². The molecule has 1 N–H and O–H groups in total. The van der Waals surface area contributed by atoms with E-state index in [0.29, 0.717) is 31.7 Å². The van der Waals surface area contributed by atoms with Crippen molar-refractivity contribution in [2.24, 2.45) is 0 Å². The van der Waals surface area contributed by atoms with Crippen molar-refractivity contribution in [2.45, 2.75) is 142 Å². The van der Waals surface area contributed by atoms with Crippen LogP contribution in [0.25, 0.3) is 0 Å². The first kappa shape index (κ1) is 29.6. The molecule has 0 atom stereocenters. The number of ether oxygens (including phenoxy) is 1. The predicted molar refractivity (Wildman–Crippen MR) is 126 cm³/mol. The molecule has 0 aliphatic rings. The molecule has 0 fully saturated rings. The number of hydrogen-bond donors (Lipinski definition) is 1. The van der Waals surface area contributed by atoms with Gasteiger partial charge in [0.2, 0.25) is 0 Å². The summed E-state index contributed by atoms with van der Waals surface area (Å²) in [7, 11) is 0. The van der Waals surface area contributed by atoms with Crippen LogP contribution < -0.4 is 0 Å². The predicted octanol–water partition coefficient (Wildman–Crippen LogP) is 7.40. The zero-order valence-electron chi connectivity index (χ0n) is 20.1. The van der Waals surface area contributed by atoms with Gasteiger partial charge in [0, 0.05) is 25.7 Å². The number of carboxylic acid groups (broad SMARTS) is 1. The second-order valence-corrected chi connectivity index (χ2v) is 8.81. The summed E-state index contributed by atoms with van der Waals surface area (Å²) in [6.07, 6.45) is 20.4. The summed E-state index contributed by atoms with van der Waals surface area (Å²) >= 11 is 0. The average molecular weight is 441 g/mol. The van der Waals surface area contributed by atoms with Crippen molar-refractivity contribution in [2.75, 3.05) is 6.61 Å². The summed E-state index contributed by atoms with van der Waals surface area (Å²) < 4.78 is 5.30. The van der Waals surface area contributed by atoms with Crippen LogP contribution in [0.15, 0.2) is 0 Å². The molecule has 0 heterocycles. The van der Waals surface area contributed by atoms with Crippen molar-refractivity contribution in [3.63, 3.8) is 0 Å². The number of Topliss-reactive ketones (excluding diaryl/α,β-unsaturated/α-hetero) is 1. The molecule has 0 aliphatic heterocycles. The number of carbonyl (C=O) groups excluding carboxylic acids is 2. The zero-order chi connectivity index (χ0) is 23.0. The first-order chi connectivity index (χ1) is 15.1. The lowest BCUT2D eigenvalue weighted by atomic mass is 10.0. The van der Waals surface area contributed by atoms with Crippen molar-refractivity contribution in [1.82, 2.24) is 0 Å². The highest BCUT2D eigenvalue weighted by Crippen LogP contribution is 2.12. The van der Waals surface area contributed by atoms with Crippen molar-refractivity contribution < 1.29 is 24.2 Å². The number of unbranched alkanes of at least 4 members (excludes halogenated alkanes) is 14. The molecule has 182 valence electrons. The van der Waals surface area contributed by atoms with E-state index in [1.807, 2.05) is 0 Å². The van der Waals surface area contributed by atoms with E-state index < -0.39 is 5.97 Å². The Hall–Kier alpha value is -1.39. The van der Waals surface area contributed by atoms with Gasteiger partial charge in [-0.2, -0.15) is 0 Å². The third kappa shape index (κ3) is 24.7. The van der Waals surface area contributed by atoms with E-state index in [1.54, 1.807) is 0 Å². The summed E-state index contributed by atoms with van der Waals surface area (Å²) in [6, 6.07) is 0. The third-order valence-electron chi connectivity index (χ3n) is 5.69. The Balaban J connectivity index is 3.31. The van der Waals surface area contributed by atoms with Gasteiger partial charge in [0.25, 0.3) is 0 Å². The smallest absolute Gasteiger partial charge is 0.305 e. The minimum absolute atomic E-state index is 0.103. The quantitative estimate of drug-likeness (QED) is 0.125. The summed E-state index contributed by atoms with van der Waals surface area (Å²) in [4.78, 5) is 34.0. The molecule has 0 aliphatic carbocycles. The van der Waals surface area contributed by atoms with Crippen LogP contribution in [0.4, 0.5) is 0 Å². The Morgan fingerprint density at radius 2 is 0.968 bits per heavy atom. The molecule has 0 saturated heterocycles. The fraction of sp³-hybridized carbons (Fsp3) is 0.885. The van der Waals surface area contributed by atoms with E-state index in [0.717, 1.165) is 64.2 Å². The summed E-state index contributed by atoms with van der Waals surface area (Å²) in [5.41, 5.74) is 0. The van der Waals surface area contributed by atoms with E-state index >= 15 is 0 Å². The van der Waals surface area contributed by atoms with Crippen LogP contribution in [0.3, 0.4) is 0 Å². The van der Waals surface area contributed by atoms with Gasteiger partial charge < -0.3 is 9.84 Å². The maximum atomic E-state index is 11.9. The van der Waals surface area contributed by atoms with Gasteiger partial charge in [-0.05, 0) is 32.1 Å². The van der Waals surface area contributed by atoms with Gasteiger partial charge in [-0.3, -0.25) is 14.4 Å². The molecular formula is C26H48O5. The monoisotopic (exact) mass is 440 g/mol. The largest absolute Gasteiger partial charge is 0.481 e. The highest BCUT2D eigenvalue weighted by atomic mass is 16.5. The Kier molecular flexibility index (Phi) is 22.2. The fourth-order valence-electron chi connectivity index (χ4n) is 3.69. The second-order valence-electron chi connectivity index (χ2n) is 8.81. The molecule has 0 aromatic heterocycles. The minimum atomic E-state index is -0.734. The summed E-state index contributed by atoms with van der Waals surface area (Å²) in [5.74, 6) is -0.533. The topological polar surface area (TPSA) is 80.7 Å². The normalized spacial score (nSPS) is 10.9. The maximum Gasteiger partial charge on any atom is 0.305 e. The molecule has 0 amide bonds. The lowest BCUT2D eigenvalue weighted by Gasteiger charge is -2.05. The van der Waals surface area contributed by atoms with Gasteiger partial charge in [0.05, 0.1) is 6.61 Å². The van der Waals surface area contributed by atoms with E-state index in [9.17, 15) is 14.4 Å². The van der Waals surface area contributed by atoms with Crippen LogP contribution in [-0.4, -0.2) is 29.4 Å². The van der Waals surface area contributed by atoms with Gasteiger partial charge in [0.1, 0.15) is 5.78 Å². The van der Waals surface area contributed by atoms with Gasteiger partial charge in [-0.15, -0.1) is 0 Å². The molecule has 5 nitrogen and oxygen atoms in total. The molecule has 0 bridgehead atoms. The molecule has 0 rings (SSSR count). The molecule has 5 heteroatoms. The fourth-order valence-corrected chi connectivity index (χ4v) is 3.69. The molecule has 0 saturated carbocycles. The third-order valence-corrected chi connectivity index (χ3v) is 5.69. The van der Waals surface area contributed by atoms with Crippen molar-refractivity contribution >= 4 is 17.7 Å². The molecule has 0 radical (unpaired) electrons. The number of carbonyl (C=O) groups is 3. The highest BCUT2D eigenvalue weighted by Gasteiger charge is 2.05. The zero-order valence-corrected chi connectivity index (χ0v) is 20.1. The van der Waals surface area contributed by atoms with E-state index in [-0.39, 0.29) is 12.4 Å². The molecule has 0 spiro atoms. The molecular weight excluding hydrogens is 392 g/mol. The highest BCUT2D eigenvalue weighted by molar-refractivity contribution is 5.78. The minimum Gasteiger partial charge on any atom is -0.481 e. The van der Waals surface area contributed by atoms with Crippen LogP contribution in [0.1, 0.15) is 142 Å². The Labute approximate surface area is 190 Å². The SMILES string of the molecule is CCCCCCCCCCCOC(=O)CCCCCC(=O)CCCCCCCC(=O)O. The van der Waals surface area contributed by atoms with Crippen LogP contribution in [0, 0.1) is 0 Å². The standard InChI is InChI=1S/C26H48O5/c1-2-3-4-5-6-7-8-12-18-23-31-26(30)22-17-13-15-20-24(27)19-14-10-9-11-16-21-25(28)29/h2-23H2,1H3,(H,28,29). The second kappa shape index (κ2) is 23.3. The van der Waals surface area contributed by atoms with Crippen molar-refractivity contribution in [3.05, 3.63) is 0 Å². The number of carboxylic acids is 1. The first-order valence-corrected chi connectivity index (χ1v) is 13.0. The Morgan fingerprint density at radius 3 is 1.52 bits per heavy atom. The summed E-state index contributed by atoms with van der Waals surface area (Å²) in [6.45, 7) is 2.78. The maximum absolute atomic E-state index is 11.9. The summed E-state index contributed by atoms with van der Waals surface area (Å²) in [5, 5.41) is 8.57. The van der Waals surface area contributed by atoms with Gasteiger partial charge >= 0.3 is 11.9 Å². The average Bonchev–Trinajstić information content (AvgIpc) is 2.74. The van der Waals surface area contributed by atoms with Gasteiger partial charge in [0.15, 0.2) is 0 Å². The van der Waals surface area contributed by atoms with E-state index in [4.69, 9.17) is 9.84 Å². The lowest BCUT2D eigenvalue weighted by molar-refractivity contribution is -0.144. The number of hydrogen-bond acceptors (Lipinski definition) is 4. The van der Waals surface area contributed by atoms with Crippen LogP contribution in [0.5, 0.6) is 0 Å². The molecule has 31 heavy (non-hydrogen) atoms. The van der Waals surface area contributed by atoms with Crippen LogP contribution >= 0.6 is 0 Å². The number of ketones is 1.